The average molecular weight is 344 g/mol. The van der Waals surface area contributed by atoms with E-state index >= 15 is 0 Å². The van der Waals surface area contributed by atoms with Gasteiger partial charge in [-0.25, -0.2) is 9.78 Å². The average Bonchev–Trinajstić information content (AvgIpc) is 2.64. The molecule has 2 heterocycles. The van der Waals surface area contributed by atoms with Crippen molar-refractivity contribution in [3.8, 4) is 5.75 Å². The zero-order chi connectivity index (χ0) is 16.9. The Morgan fingerprint density at radius 1 is 1.29 bits per heavy atom. The Balaban J connectivity index is 1.63. The SMILES string of the molecule is COc1ccc(C2=CCN(C(=O)Nc3cccnc3Cl)CC2)cc1. The second kappa shape index (κ2) is 7.36. The summed E-state index contributed by atoms with van der Waals surface area (Å²) in [7, 11) is 1.65. The van der Waals surface area contributed by atoms with Gasteiger partial charge in [0.2, 0.25) is 0 Å². The summed E-state index contributed by atoms with van der Waals surface area (Å²) in [4.78, 5) is 18.0. The molecule has 3 rings (SSSR count). The first-order chi connectivity index (χ1) is 11.7. The van der Waals surface area contributed by atoms with Crippen LogP contribution in [-0.4, -0.2) is 36.1 Å². The molecule has 6 heteroatoms. The highest BCUT2D eigenvalue weighted by atomic mass is 35.5. The number of benzene rings is 1. The van der Waals surface area contributed by atoms with Gasteiger partial charge in [0, 0.05) is 19.3 Å². The molecule has 0 aliphatic carbocycles. The van der Waals surface area contributed by atoms with Gasteiger partial charge in [-0.3, -0.25) is 0 Å². The Morgan fingerprint density at radius 3 is 2.71 bits per heavy atom. The maximum atomic E-state index is 12.3. The quantitative estimate of drug-likeness (QED) is 0.855. The third kappa shape index (κ3) is 3.68. The van der Waals surface area contributed by atoms with Crippen molar-refractivity contribution in [3.63, 3.8) is 0 Å². The van der Waals surface area contributed by atoms with E-state index in [1.807, 2.05) is 24.3 Å². The normalized spacial score (nSPS) is 14.1. The van der Waals surface area contributed by atoms with E-state index in [1.54, 1.807) is 30.3 Å². The predicted octanol–water partition coefficient (Wildman–Crippen LogP) is 4.06. The van der Waals surface area contributed by atoms with E-state index in [2.05, 4.69) is 16.4 Å². The van der Waals surface area contributed by atoms with Crippen molar-refractivity contribution >= 4 is 28.9 Å². The maximum Gasteiger partial charge on any atom is 0.322 e. The number of carbonyl (C=O) groups excluding carboxylic acids is 1. The van der Waals surface area contributed by atoms with E-state index in [4.69, 9.17) is 16.3 Å². The molecule has 0 atom stereocenters. The van der Waals surface area contributed by atoms with Crippen LogP contribution in [0.5, 0.6) is 5.75 Å². The predicted molar refractivity (Wildman–Crippen MR) is 95.4 cm³/mol. The van der Waals surface area contributed by atoms with Crippen molar-refractivity contribution < 1.29 is 9.53 Å². The van der Waals surface area contributed by atoms with E-state index in [0.29, 0.717) is 18.8 Å². The summed E-state index contributed by atoms with van der Waals surface area (Å²) >= 11 is 5.97. The standard InChI is InChI=1S/C18H18ClN3O2/c1-24-15-6-4-13(5-7-15)14-8-11-22(12-9-14)18(23)21-16-3-2-10-20-17(16)19/h2-8,10H,9,11-12H2,1H3,(H,21,23). The third-order valence-corrected chi connectivity index (χ3v) is 4.26. The Kier molecular flexibility index (Phi) is 5.01. The molecule has 2 amide bonds. The van der Waals surface area contributed by atoms with Crippen molar-refractivity contribution in [2.45, 2.75) is 6.42 Å². The van der Waals surface area contributed by atoms with Gasteiger partial charge in [0.1, 0.15) is 5.75 Å². The number of pyridine rings is 1. The van der Waals surface area contributed by atoms with Crippen molar-refractivity contribution in [2.24, 2.45) is 0 Å². The van der Waals surface area contributed by atoms with Gasteiger partial charge in [0.15, 0.2) is 5.15 Å². The third-order valence-electron chi connectivity index (χ3n) is 3.96. The van der Waals surface area contributed by atoms with Crippen LogP contribution in [0.1, 0.15) is 12.0 Å². The number of rotatable bonds is 3. The minimum absolute atomic E-state index is 0.171. The molecule has 124 valence electrons. The second-order valence-corrected chi connectivity index (χ2v) is 5.78. The number of methoxy groups -OCH3 is 1. The number of hydrogen-bond donors (Lipinski definition) is 1. The molecule has 0 spiro atoms. The van der Waals surface area contributed by atoms with Gasteiger partial charge < -0.3 is 15.0 Å². The highest BCUT2D eigenvalue weighted by Gasteiger charge is 2.18. The van der Waals surface area contributed by atoms with Crippen LogP contribution in [0.15, 0.2) is 48.7 Å². The van der Waals surface area contributed by atoms with E-state index in [-0.39, 0.29) is 11.2 Å². The number of hydrogen-bond acceptors (Lipinski definition) is 3. The van der Waals surface area contributed by atoms with Crippen molar-refractivity contribution in [3.05, 3.63) is 59.4 Å². The largest absolute Gasteiger partial charge is 0.497 e. The Hall–Kier alpha value is -2.53. The van der Waals surface area contributed by atoms with Gasteiger partial charge in [-0.1, -0.05) is 29.8 Å². The van der Waals surface area contributed by atoms with Gasteiger partial charge in [-0.2, -0.15) is 0 Å². The molecule has 1 N–H and O–H groups in total. The number of aromatic nitrogens is 1. The molecule has 1 aromatic heterocycles. The summed E-state index contributed by atoms with van der Waals surface area (Å²) in [6.07, 6.45) is 4.47. The summed E-state index contributed by atoms with van der Waals surface area (Å²) in [5.74, 6) is 0.838. The zero-order valence-corrected chi connectivity index (χ0v) is 14.1. The van der Waals surface area contributed by atoms with Crippen LogP contribution in [0.2, 0.25) is 5.15 Å². The lowest BCUT2D eigenvalue weighted by Crippen LogP contribution is -2.38. The molecule has 0 radical (unpaired) electrons. The van der Waals surface area contributed by atoms with Gasteiger partial charge in [-0.05, 0) is 41.8 Å². The number of halogens is 1. The topological polar surface area (TPSA) is 54.5 Å². The molecule has 2 aromatic rings. The maximum absolute atomic E-state index is 12.3. The summed E-state index contributed by atoms with van der Waals surface area (Å²) in [5, 5.41) is 3.09. The van der Waals surface area contributed by atoms with Crippen LogP contribution in [0.3, 0.4) is 0 Å². The van der Waals surface area contributed by atoms with Crippen molar-refractivity contribution in [1.29, 1.82) is 0 Å². The summed E-state index contributed by atoms with van der Waals surface area (Å²) in [6, 6.07) is 11.3. The fourth-order valence-electron chi connectivity index (χ4n) is 2.59. The minimum Gasteiger partial charge on any atom is -0.497 e. The van der Waals surface area contributed by atoms with Crippen LogP contribution in [0.25, 0.3) is 5.57 Å². The Morgan fingerprint density at radius 2 is 2.08 bits per heavy atom. The second-order valence-electron chi connectivity index (χ2n) is 5.43. The molecule has 0 bridgehead atoms. The number of carbonyl (C=O) groups is 1. The van der Waals surface area contributed by atoms with E-state index in [9.17, 15) is 4.79 Å². The molecule has 1 aliphatic heterocycles. The first kappa shape index (κ1) is 16.3. The summed E-state index contributed by atoms with van der Waals surface area (Å²) < 4.78 is 5.17. The van der Waals surface area contributed by atoms with Gasteiger partial charge in [0.05, 0.1) is 12.8 Å². The highest BCUT2D eigenvalue weighted by molar-refractivity contribution is 6.32. The fourth-order valence-corrected chi connectivity index (χ4v) is 2.76. The van der Waals surface area contributed by atoms with Crippen LogP contribution in [-0.2, 0) is 0 Å². The molecule has 5 nitrogen and oxygen atoms in total. The molecule has 0 fully saturated rings. The molecule has 1 aromatic carbocycles. The van der Waals surface area contributed by atoms with Crippen LogP contribution >= 0.6 is 11.6 Å². The zero-order valence-electron chi connectivity index (χ0n) is 13.3. The first-order valence-corrected chi connectivity index (χ1v) is 8.05. The summed E-state index contributed by atoms with van der Waals surface area (Å²) in [6.45, 7) is 1.21. The van der Waals surface area contributed by atoms with Gasteiger partial charge >= 0.3 is 6.03 Å². The lowest BCUT2D eigenvalue weighted by Gasteiger charge is -2.27. The minimum atomic E-state index is -0.171. The van der Waals surface area contributed by atoms with E-state index in [1.165, 1.54) is 5.57 Å². The Bertz CT molecular complexity index is 759. The molecule has 24 heavy (non-hydrogen) atoms. The number of nitrogens with zero attached hydrogens (tertiary/aromatic N) is 2. The van der Waals surface area contributed by atoms with Crippen molar-refractivity contribution in [1.82, 2.24) is 9.88 Å². The van der Waals surface area contributed by atoms with Gasteiger partial charge in [-0.15, -0.1) is 0 Å². The molecule has 0 saturated heterocycles. The fraction of sp³-hybridized carbons (Fsp3) is 0.222. The lowest BCUT2D eigenvalue weighted by molar-refractivity contribution is 0.217. The smallest absolute Gasteiger partial charge is 0.322 e. The first-order valence-electron chi connectivity index (χ1n) is 7.67. The molecular formula is C18H18ClN3O2. The molecular weight excluding hydrogens is 326 g/mol. The number of ether oxygens (including phenoxy) is 1. The van der Waals surface area contributed by atoms with Crippen LogP contribution in [0, 0.1) is 0 Å². The molecule has 1 aliphatic rings. The number of amides is 2. The number of nitrogens with one attached hydrogen (secondary N) is 1. The lowest BCUT2D eigenvalue weighted by atomic mass is 9.99. The van der Waals surface area contributed by atoms with Crippen LogP contribution < -0.4 is 10.1 Å². The Labute approximate surface area is 145 Å². The van der Waals surface area contributed by atoms with Crippen molar-refractivity contribution in [2.75, 3.05) is 25.5 Å². The molecule has 0 saturated carbocycles. The van der Waals surface area contributed by atoms with E-state index in [0.717, 1.165) is 17.7 Å². The monoisotopic (exact) mass is 343 g/mol. The van der Waals surface area contributed by atoms with E-state index < -0.39 is 0 Å². The summed E-state index contributed by atoms with van der Waals surface area (Å²) in [5.41, 5.74) is 2.92. The molecule has 0 unspecified atom stereocenters. The number of urea groups is 1. The highest BCUT2D eigenvalue weighted by Crippen LogP contribution is 2.25. The van der Waals surface area contributed by atoms with Crippen LogP contribution in [0.4, 0.5) is 10.5 Å². The number of anilines is 1. The van der Waals surface area contributed by atoms with Gasteiger partial charge in [0.25, 0.3) is 0 Å².